The average molecular weight is 751 g/mol. The fraction of sp³-hybridized carbons (Fsp3) is 1.00. The molecule has 0 saturated heterocycles. The Morgan fingerprint density at radius 2 is 0.264 bits per heavy atom. The van der Waals surface area contributed by atoms with Crippen molar-refractivity contribution in [2.24, 2.45) is 0 Å². The Labute approximate surface area is 336 Å². The molecule has 0 fully saturated rings. The fourth-order valence-electron chi connectivity index (χ4n) is 7.69. The lowest BCUT2D eigenvalue weighted by Gasteiger charge is -2.06. The topological polar surface area (TPSA) is 27.7 Å². The molecule has 0 aromatic carbocycles. The highest BCUT2D eigenvalue weighted by atomic mass is 16.5. The zero-order valence-electron chi connectivity index (χ0n) is 37.2. The molecule has 320 valence electrons. The molecule has 0 spiro atoms. The van der Waals surface area contributed by atoms with Gasteiger partial charge in [-0.05, 0) is 38.5 Å². The summed E-state index contributed by atoms with van der Waals surface area (Å²) in [5, 5.41) is 0. The minimum absolute atomic E-state index is 0.975. The third-order valence-corrected chi connectivity index (χ3v) is 11.4. The summed E-state index contributed by atoms with van der Waals surface area (Å²) in [6.07, 6.45) is 58.7. The van der Waals surface area contributed by atoms with Crippen LogP contribution >= 0.6 is 0 Å². The molecule has 0 aromatic rings. The molecular weight excluding hydrogens is 649 g/mol. The van der Waals surface area contributed by atoms with Crippen molar-refractivity contribution in [3.63, 3.8) is 0 Å². The van der Waals surface area contributed by atoms with Gasteiger partial charge < -0.3 is 14.2 Å². The molecule has 0 heterocycles. The quantitative estimate of drug-likeness (QED) is 0.0580. The molecule has 0 rings (SSSR count). The van der Waals surface area contributed by atoms with Gasteiger partial charge in [-0.3, -0.25) is 0 Å². The third kappa shape index (κ3) is 51.9. The Morgan fingerprint density at radius 1 is 0.151 bits per heavy atom. The van der Waals surface area contributed by atoms with Crippen LogP contribution in [-0.4, -0.2) is 39.6 Å². The summed E-state index contributed by atoms with van der Waals surface area (Å²) < 4.78 is 17.3. The largest absolute Gasteiger partial charge is 0.381 e. The Kier molecular flexibility index (Phi) is 51.8. The van der Waals surface area contributed by atoms with Gasteiger partial charge in [-0.2, -0.15) is 0 Å². The second-order valence-electron chi connectivity index (χ2n) is 17.0. The van der Waals surface area contributed by atoms with Gasteiger partial charge in [0.25, 0.3) is 0 Å². The van der Waals surface area contributed by atoms with Crippen LogP contribution in [0.4, 0.5) is 0 Å². The molecule has 0 bridgehead atoms. The fourth-order valence-corrected chi connectivity index (χ4v) is 7.69. The van der Waals surface area contributed by atoms with E-state index in [-0.39, 0.29) is 0 Å². The van der Waals surface area contributed by atoms with Crippen molar-refractivity contribution in [3.8, 4) is 0 Å². The van der Waals surface area contributed by atoms with Gasteiger partial charge in [0.1, 0.15) is 0 Å². The maximum Gasteiger partial charge on any atom is 0.0466 e. The summed E-state index contributed by atoms with van der Waals surface area (Å²) in [4.78, 5) is 0. The van der Waals surface area contributed by atoms with Crippen LogP contribution in [0.5, 0.6) is 0 Å². The van der Waals surface area contributed by atoms with Crippen LogP contribution < -0.4 is 0 Å². The van der Waals surface area contributed by atoms with Gasteiger partial charge in [0.05, 0.1) is 0 Å². The molecule has 0 aromatic heterocycles. The number of rotatable bonds is 50. The lowest BCUT2D eigenvalue weighted by molar-refractivity contribution is 0.125. The van der Waals surface area contributed by atoms with Crippen molar-refractivity contribution in [2.45, 2.75) is 284 Å². The lowest BCUT2D eigenvalue weighted by atomic mass is 10.0. The molecule has 0 saturated carbocycles. The second-order valence-corrected chi connectivity index (χ2v) is 17.0. The van der Waals surface area contributed by atoms with E-state index in [1.807, 2.05) is 0 Å². The maximum atomic E-state index is 5.92. The van der Waals surface area contributed by atoms with Crippen molar-refractivity contribution in [2.75, 3.05) is 39.6 Å². The number of hydrogen-bond donors (Lipinski definition) is 0. The highest BCUT2D eigenvalue weighted by molar-refractivity contribution is 4.53. The van der Waals surface area contributed by atoms with Crippen LogP contribution in [0, 0.1) is 0 Å². The van der Waals surface area contributed by atoms with Crippen molar-refractivity contribution in [1.29, 1.82) is 0 Å². The summed E-state index contributed by atoms with van der Waals surface area (Å²) in [6.45, 7) is 10.4. The van der Waals surface area contributed by atoms with E-state index in [1.54, 1.807) is 0 Å². The van der Waals surface area contributed by atoms with Gasteiger partial charge in [0, 0.05) is 39.6 Å². The smallest absolute Gasteiger partial charge is 0.0466 e. The molecule has 0 unspecified atom stereocenters. The molecule has 0 aliphatic rings. The second kappa shape index (κ2) is 51.9. The minimum Gasteiger partial charge on any atom is -0.381 e. The van der Waals surface area contributed by atoms with E-state index in [2.05, 4.69) is 13.8 Å². The number of unbranched alkanes of at least 4 members (excludes halogenated alkanes) is 38. The van der Waals surface area contributed by atoms with E-state index in [0.29, 0.717) is 0 Å². The van der Waals surface area contributed by atoms with Crippen molar-refractivity contribution in [3.05, 3.63) is 0 Å². The number of hydrogen-bond acceptors (Lipinski definition) is 3. The molecule has 3 nitrogen and oxygen atoms in total. The molecule has 0 atom stereocenters. The van der Waals surface area contributed by atoms with Crippen LogP contribution in [0.25, 0.3) is 0 Å². The summed E-state index contributed by atoms with van der Waals surface area (Å²) in [6, 6.07) is 0. The van der Waals surface area contributed by atoms with Crippen LogP contribution in [0.3, 0.4) is 0 Å². The van der Waals surface area contributed by atoms with Crippen LogP contribution in [0.2, 0.25) is 0 Å². The van der Waals surface area contributed by atoms with Crippen LogP contribution in [0.15, 0.2) is 0 Å². The predicted octanol–water partition coefficient (Wildman–Crippen LogP) is 17.5. The van der Waals surface area contributed by atoms with Crippen molar-refractivity contribution >= 4 is 0 Å². The zero-order valence-corrected chi connectivity index (χ0v) is 37.2. The normalized spacial score (nSPS) is 11.7. The summed E-state index contributed by atoms with van der Waals surface area (Å²) >= 11 is 0. The predicted molar refractivity (Wildman–Crippen MR) is 238 cm³/mol. The van der Waals surface area contributed by atoms with Gasteiger partial charge in [-0.15, -0.1) is 0 Å². The molecule has 3 heteroatoms. The minimum atomic E-state index is 0.975. The first-order chi connectivity index (χ1) is 26.4. The van der Waals surface area contributed by atoms with Crippen molar-refractivity contribution < 1.29 is 14.2 Å². The maximum absolute atomic E-state index is 5.92. The first kappa shape index (κ1) is 52.9. The average Bonchev–Trinajstić information content (AvgIpc) is 3.17. The van der Waals surface area contributed by atoms with E-state index in [4.69, 9.17) is 14.2 Å². The molecule has 0 aliphatic carbocycles. The number of ether oxygens (including phenoxy) is 3. The molecule has 53 heavy (non-hydrogen) atoms. The van der Waals surface area contributed by atoms with Gasteiger partial charge in [-0.25, -0.2) is 0 Å². The summed E-state index contributed by atoms with van der Waals surface area (Å²) in [7, 11) is 0. The Bertz CT molecular complexity index is 545. The first-order valence-electron chi connectivity index (χ1n) is 25.1. The van der Waals surface area contributed by atoms with E-state index >= 15 is 0 Å². The summed E-state index contributed by atoms with van der Waals surface area (Å²) in [5.74, 6) is 0. The molecule has 0 amide bonds. The van der Waals surface area contributed by atoms with E-state index in [0.717, 1.165) is 39.6 Å². The highest BCUT2D eigenvalue weighted by Crippen LogP contribution is 2.16. The lowest BCUT2D eigenvalue weighted by Crippen LogP contribution is -1.97. The summed E-state index contributed by atoms with van der Waals surface area (Å²) in [5.41, 5.74) is 0. The van der Waals surface area contributed by atoms with E-state index < -0.39 is 0 Å². The molecule has 0 aliphatic heterocycles. The highest BCUT2D eigenvalue weighted by Gasteiger charge is 1.99. The van der Waals surface area contributed by atoms with Crippen molar-refractivity contribution in [1.82, 2.24) is 0 Å². The van der Waals surface area contributed by atoms with Crippen LogP contribution in [-0.2, 0) is 14.2 Å². The molecule has 0 N–H and O–H groups in total. The first-order valence-corrected chi connectivity index (χ1v) is 25.1. The van der Waals surface area contributed by atoms with Gasteiger partial charge in [-0.1, -0.05) is 245 Å². The van der Waals surface area contributed by atoms with Gasteiger partial charge >= 0.3 is 0 Å². The third-order valence-electron chi connectivity index (χ3n) is 11.4. The Balaban J connectivity index is 3.05. The van der Waals surface area contributed by atoms with E-state index in [1.165, 1.54) is 270 Å². The monoisotopic (exact) mass is 751 g/mol. The van der Waals surface area contributed by atoms with E-state index in [9.17, 15) is 0 Å². The zero-order chi connectivity index (χ0) is 38.1. The van der Waals surface area contributed by atoms with Crippen LogP contribution in [0.1, 0.15) is 284 Å². The van der Waals surface area contributed by atoms with Gasteiger partial charge in [0.2, 0.25) is 0 Å². The standard InChI is InChI=1S/C50H102O3/c1-3-5-39-45-51-47-41-35-31-27-23-19-15-11-7-9-13-17-21-25-29-33-37-43-49-53-50-44-38-34-30-26-22-18-14-10-8-12-16-20-24-28-32-36-42-48-52-46-40-6-4-2/h3-50H2,1-2H3. The Hall–Kier alpha value is -0.120. The van der Waals surface area contributed by atoms with Gasteiger partial charge in [0.15, 0.2) is 0 Å². The molecule has 0 radical (unpaired) electrons. The Morgan fingerprint density at radius 3 is 0.396 bits per heavy atom. The molecular formula is C50H102O3. The SMILES string of the molecule is CCCCCOCCCCCCCCCCCCCCCCCCCCOCCCCCCCCCCCCCCCCCCCCOCCCCC.